The quantitative estimate of drug-likeness (QED) is 0.675. The molecule has 0 saturated carbocycles. The van der Waals surface area contributed by atoms with Crippen molar-refractivity contribution in [2.75, 3.05) is 0 Å². The van der Waals surface area contributed by atoms with Crippen LogP contribution in [0.3, 0.4) is 0 Å². The third-order valence-corrected chi connectivity index (χ3v) is 3.58. The number of nitrogens with zero attached hydrogens (tertiary/aromatic N) is 3. The standard InChI is InChI=1S/C13H10FN3OS/c1-7(18)12-11(9-3-5-10(14)6-4-9)15-13-17(12)16-8(2)19-13/h3-6H,1-2H3. The Bertz CT molecular complexity index is 773. The number of hydrogen-bond acceptors (Lipinski definition) is 4. The lowest BCUT2D eigenvalue weighted by Gasteiger charge is -2.00. The molecule has 0 spiro atoms. The summed E-state index contributed by atoms with van der Waals surface area (Å²) in [6.07, 6.45) is 0. The van der Waals surface area contributed by atoms with Crippen molar-refractivity contribution in [3.8, 4) is 11.3 Å². The van der Waals surface area contributed by atoms with E-state index in [1.807, 2.05) is 6.92 Å². The number of ketones is 1. The van der Waals surface area contributed by atoms with Crippen LogP contribution in [-0.4, -0.2) is 20.4 Å². The fourth-order valence-electron chi connectivity index (χ4n) is 1.97. The van der Waals surface area contributed by atoms with E-state index in [1.54, 1.807) is 16.6 Å². The largest absolute Gasteiger partial charge is 0.293 e. The Morgan fingerprint density at radius 2 is 2.00 bits per heavy atom. The Balaban J connectivity index is 2.28. The Kier molecular flexibility index (Phi) is 2.67. The van der Waals surface area contributed by atoms with E-state index < -0.39 is 0 Å². The molecule has 3 aromatic rings. The van der Waals surface area contributed by atoms with Gasteiger partial charge in [0.15, 0.2) is 5.78 Å². The molecular formula is C13H10FN3OS. The fraction of sp³-hybridized carbons (Fsp3) is 0.154. The number of hydrogen-bond donors (Lipinski definition) is 0. The molecule has 2 aromatic heterocycles. The predicted octanol–water partition coefficient (Wildman–Crippen LogP) is 3.11. The number of rotatable bonds is 2. The first kappa shape index (κ1) is 12.0. The molecule has 0 fully saturated rings. The number of carbonyl (C=O) groups is 1. The van der Waals surface area contributed by atoms with Crippen molar-refractivity contribution < 1.29 is 9.18 Å². The first-order valence-electron chi connectivity index (χ1n) is 5.69. The van der Waals surface area contributed by atoms with Crippen LogP contribution in [-0.2, 0) is 0 Å². The SMILES string of the molecule is CC(=O)c1c(-c2ccc(F)cc2)nc2sc(C)nn12. The number of benzene rings is 1. The third-order valence-electron chi connectivity index (χ3n) is 2.76. The first-order chi connectivity index (χ1) is 9.06. The van der Waals surface area contributed by atoms with E-state index in [4.69, 9.17) is 0 Å². The summed E-state index contributed by atoms with van der Waals surface area (Å²) < 4.78 is 14.5. The van der Waals surface area contributed by atoms with Crippen LogP contribution in [0.5, 0.6) is 0 Å². The first-order valence-corrected chi connectivity index (χ1v) is 6.51. The normalized spacial score (nSPS) is 11.1. The van der Waals surface area contributed by atoms with E-state index in [0.29, 0.717) is 21.9 Å². The van der Waals surface area contributed by atoms with Crippen molar-refractivity contribution in [2.45, 2.75) is 13.8 Å². The number of aryl methyl sites for hydroxylation is 1. The van der Waals surface area contributed by atoms with Gasteiger partial charge < -0.3 is 0 Å². The van der Waals surface area contributed by atoms with Crippen molar-refractivity contribution in [3.05, 3.63) is 40.8 Å². The fourth-order valence-corrected chi connectivity index (χ4v) is 2.71. The van der Waals surface area contributed by atoms with Gasteiger partial charge in [0.25, 0.3) is 0 Å². The second-order valence-electron chi connectivity index (χ2n) is 4.19. The van der Waals surface area contributed by atoms with E-state index in [-0.39, 0.29) is 11.6 Å². The van der Waals surface area contributed by atoms with Crippen LogP contribution >= 0.6 is 11.3 Å². The lowest BCUT2D eigenvalue weighted by Crippen LogP contribution is -2.01. The zero-order chi connectivity index (χ0) is 13.6. The number of imidazole rings is 1. The van der Waals surface area contributed by atoms with Gasteiger partial charge in [-0.3, -0.25) is 4.79 Å². The molecule has 1 aromatic carbocycles. The molecule has 2 heterocycles. The van der Waals surface area contributed by atoms with Gasteiger partial charge in [0.05, 0.1) is 0 Å². The van der Waals surface area contributed by atoms with Gasteiger partial charge in [-0.15, -0.1) is 0 Å². The Labute approximate surface area is 112 Å². The van der Waals surface area contributed by atoms with E-state index in [0.717, 1.165) is 5.01 Å². The minimum absolute atomic E-state index is 0.114. The van der Waals surface area contributed by atoms with Crippen molar-refractivity contribution in [1.82, 2.24) is 14.6 Å². The predicted molar refractivity (Wildman–Crippen MR) is 71.0 cm³/mol. The minimum Gasteiger partial charge on any atom is -0.293 e. The summed E-state index contributed by atoms with van der Waals surface area (Å²) in [7, 11) is 0. The van der Waals surface area contributed by atoms with Gasteiger partial charge in [0.2, 0.25) is 4.96 Å². The molecule has 0 aliphatic heterocycles. The molecular weight excluding hydrogens is 265 g/mol. The second-order valence-corrected chi connectivity index (χ2v) is 5.35. The molecule has 0 bridgehead atoms. The smallest absolute Gasteiger partial charge is 0.213 e. The summed E-state index contributed by atoms with van der Waals surface area (Å²) in [6.45, 7) is 3.34. The zero-order valence-electron chi connectivity index (χ0n) is 10.3. The zero-order valence-corrected chi connectivity index (χ0v) is 11.2. The average Bonchev–Trinajstić information content (AvgIpc) is 2.85. The average molecular weight is 275 g/mol. The Morgan fingerprint density at radius 1 is 1.32 bits per heavy atom. The maximum atomic E-state index is 13.0. The van der Waals surface area contributed by atoms with Gasteiger partial charge in [-0.05, 0) is 31.2 Å². The number of aromatic nitrogens is 3. The highest BCUT2D eigenvalue weighted by Gasteiger charge is 2.20. The van der Waals surface area contributed by atoms with E-state index >= 15 is 0 Å². The van der Waals surface area contributed by atoms with E-state index in [2.05, 4.69) is 10.1 Å². The highest BCUT2D eigenvalue weighted by atomic mass is 32.1. The lowest BCUT2D eigenvalue weighted by molar-refractivity contribution is 0.101. The molecule has 0 atom stereocenters. The van der Waals surface area contributed by atoms with E-state index in [9.17, 15) is 9.18 Å². The summed E-state index contributed by atoms with van der Waals surface area (Å²) in [4.78, 5) is 16.9. The molecule has 96 valence electrons. The van der Waals surface area contributed by atoms with Crippen LogP contribution in [0.15, 0.2) is 24.3 Å². The molecule has 0 radical (unpaired) electrons. The van der Waals surface area contributed by atoms with Crippen molar-refractivity contribution in [2.24, 2.45) is 0 Å². The number of carbonyl (C=O) groups excluding carboxylic acids is 1. The summed E-state index contributed by atoms with van der Waals surface area (Å²) >= 11 is 1.42. The second kappa shape index (κ2) is 4.24. The molecule has 0 amide bonds. The Morgan fingerprint density at radius 3 is 2.63 bits per heavy atom. The summed E-state index contributed by atoms with van der Waals surface area (Å²) in [5.41, 5.74) is 1.69. The van der Waals surface area contributed by atoms with Crippen molar-refractivity contribution in [1.29, 1.82) is 0 Å². The number of halogens is 1. The summed E-state index contributed by atoms with van der Waals surface area (Å²) in [6, 6.07) is 5.93. The highest BCUT2D eigenvalue weighted by Crippen LogP contribution is 2.27. The van der Waals surface area contributed by atoms with Gasteiger partial charge in [0.1, 0.15) is 22.2 Å². The van der Waals surface area contributed by atoms with Crippen molar-refractivity contribution >= 4 is 22.1 Å². The molecule has 0 aliphatic carbocycles. The van der Waals surface area contributed by atoms with Gasteiger partial charge in [-0.2, -0.15) is 9.61 Å². The van der Waals surface area contributed by atoms with Crippen LogP contribution in [0.4, 0.5) is 4.39 Å². The topological polar surface area (TPSA) is 47.3 Å². The molecule has 0 unspecified atom stereocenters. The molecule has 0 aliphatic rings. The number of fused-ring (bicyclic) bond motifs is 1. The molecule has 0 N–H and O–H groups in total. The Hall–Kier alpha value is -2.08. The van der Waals surface area contributed by atoms with Crippen LogP contribution < -0.4 is 0 Å². The summed E-state index contributed by atoms with van der Waals surface area (Å²) in [5.74, 6) is -0.430. The van der Waals surface area contributed by atoms with E-state index in [1.165, 1.54) is 30.4 Å². The number of Topliss-reactive ketones (excluding diaryl/α,β-unsaturated/α-hetero) is 1. The lowest BCUT2D eigenvalue weighted by atomic mass is 10.1. The monoisotopic (exact) mass is 275 g/mol. The molecule has 3 rings (SSSR count). The van der Waals surface area contributed by atoms with Crippen LogP contribution in [0.25, 0.3) is 16.2 Å². The highest BCUT2D eigenvalue weighted by molar-refractivity contribution is 7.16. The van der Waals surface area contributed by atoms with Crippen molar-refractivity contribution in [3.63, 3.8) is 0 Å². The van der Waals surface area contributed by atoms with Gasteiger partial charge in [0, 0.05) is 12.5 Å². The maximum Gasteiger partial charge on any atom is 0.213 e. The van der Waals surface area contributed by atoms with Crippen LogP contribution in [0.1, 0.15) is 22.4 Å². The molecule has 6 heteroatoms. The third kappa shape index (κ3) is 1.94. The van der Waals surface area contributed by atoms with Gasteiger partial charge in [-0.1, -0.05) is 11.3 Å². The maximum absolute atomic E-state index is 13.0. The summed E-state index contributed by atoms with van der Waals surface area (Å²) in [5, 5.41) is 5.12. The minimum atomic E-state index is -0.317. The van der Waals surface area contributed by atoms with Crippen LogP contribution in [0, 0.1) is 12.7 Å². The molecule has 0 saturated heterocycles. The van der Waals surface area contributed by atoms with Crippen LogP contribution in [0.2, 0.25) is 0 Å². The molecule has 4 nitrogen and oxygen atoms in total. The van der Waals surface area contributed by atoms with Gasteiger partial charge >= 0.3 is 0 Å². The molecule has 19 heavy (non-hydrogen) atoms. The van der Waals surface area contributed by atoms with Gasteiger partial charge in [-0.25, -0.2) is 9.37 Å².